The maximum absolute atomic E-state index is 12.8. The normalized spacial score (nSPS) is 22.0. The van der Waals surface area contributed by atoms with Crippen LogP contribution >= 0.6 is 11.8 Å². The summed E-state index contributed by atoms with van der Waals surface area (Å²) in [5, 5.41) is 3.09. The van der Waals surface area contributed by atoms with E-state index in [2.05, 4.69) is 17.4 Å². The molecule has 0 radical (unpaired) electrons. The number of aryl methyl sites for hydroxylation is 1. The summed E-state index contributed by atoms with van der Waals surface area (Å²) in [7, 11) is 0. The predicted octanol–water partition coefficient (Wildman–Crippen LogP) is 3.39. The number of carbonyl (C=O) groups excluding carboxylic acids is 2. The summed E-state index contributed by atoms with van der Waals surface area (Å²) in [6, 6.07) is 17.7. The minimum atomic E-state index is -0.385. The summed E-state index contributed by atoms with van der Waals surface area (Å²) in [4.78, 5) is 27.3. The van der Waals surface area contributed by atoms with Crippen molar-refractivity contribution in [1.29, 1.82) is 0 Å². The van der Waals surface area contributed by atoms with Crippen molar-refractivity contribution >= 4 is 23.6 Å². The molecule has 2 aliphatic heterocycles. The molecule has 0 saturated carbocycles. The van der Waals surface area contributed by atoms with E-state index in [0.29, 0.717) is 5.75 Å². The second kappa shape index (κ2) is 7.16. The summed E-state index contributed by atoms with van der Waals surface area (Å²) in [5.74, 6) is 0.594. The third kappa shape index (κ3) is 3.12. The standard InChI is InChI=1S/C21H22N2O2S/c1-14(11-12-15-7-3-2-4-8-15)22-19(24)18-13-26-21-17-10-6-5-9-16(17)20(25)23(18)21/h2-10,14,18,21H,11-13H2,1H3,(H,22,24). The van der Waals surface area contributed by atoms with E-state index in [4.69, 9.17) is 0 Å². The molecule has 4 nitrogen and oxygen atoms in total. The van der Waals surface area contributed by atoms with Gasteiger partial charge in [0.25, 0.3) is 5.91 Å². The molecule has 4 rings (SSSR count). The lowest BCUT2D eigenvalue weighted by Crippen LogP contribution is -2.48. The molecule has 1 fully saturated rings. The Balaban J connectivity index is 1.38. The third-order valence-electron chi connectivity index (χ3n) is 5.09. The largest absolute Gasteiger partial charge is 0.352 e. The van der Waals surface area contributed by atoms with Crippen molar-refractivity contribution in [3.05, 3.63) is 71.3 Å². The van der Waals surface area contributed by atoms with Gasteiger partial charge >= 0.3 is 0 Å². The van der Waals surface area contributed by atoms with Gasteiger partial charge in [0.1, 0.15) is 11.4 Å². The zero-order valence-electron chi connectivity index (χ0n) is 14.7. The Morgan fingerprint density at radius 1 is 1.19 bits per heavy atom. The van der Waals surface area contributed by atoms with Crippen molar-refractivity contribution in [1.82, 2.24) is 10.2 Å². The third-order valence-corrected chi connectivity index (χ3v) is 6.40. The fourth-order valence-electron chi connectivity index (χ4n) is 3.68. The average Bonchev–Trinajstić information content (AvgIpc) is 3.22. The Labute approximate surface area is 158 Å². The predicted molar refractivity (Wildman–Crippen MR) is 104 cm³/mol. The minimum Gasteiger partial charge on any atom is -0.352 e. The van der Waals surface area contributed by atoms with Crippen LogP contribution in [0.15, 0.2) is 54.6 Å². The molecule has 5 heteroatoms. The summed E-state index contributed by atoms with van der Waals surface area (Å²) < 4.78 is 0. The van der Waals surface area contributed by atoms with Gasteiger partial charge in [-0.2, -0.15) is 0 Å². The van der Waals surface area contributed by atoms with Gasteiger partial charge in [0, 0.05) is 17.4 Å². The van der Waals surface area contributed by atoms with Crippen LogP contribution in [0, 0.1) is 0 Å². The van der Waals surface area contributed by atoms with Crippen LogP contribution in [0.5, 0.6) is 0 Å². The van der Waals surface area contributed by atoms with Crippen LogP contribution < -0.4 is 5.32 Å². The summed E-state index contributed by atoms with van der Waals surface area (Å²) in [5.41, 5.74) is 3.05. The topological polar surface area (TPSA) is 49.4 Å². The van der Waals surface area contributed by atoms with Crippen molar-refractivity contribution in [3.63, 3.8) is 0 Å². The molecule has 0 bridgehead atoms. The van der Waals surface area contributed by atoms with Crippen LogP contribution in [-0.4, -0.2) is 34.6 Å². The van der Waals surface area contributed by atoms with Crippen molar-refractivity contribution in [2.24, 2.45) is 0 Å². The van der Waals surface area contributed by atoms with Crippen LogP contribution in [-0.2, 0) is 11.2 Å². The Bertz CT molecular complexity index is 824. The SMILES string of the molecule is CC(CCc1ccccc1)NC(=O)C1CSC2c3ccccc3C(=O)N12. The van der Waals surface area contributed by atoms with Gasteiger partial charge in [0.2, 0.25) is 5.91 Å². The van der Waals surface area contributed by atoms with Crippen molar-refractivity contribution < 1.29 is 9.59 Å². The van der Waals surface area contributed by atoms with Crippen molar-refractivity contribution in [3.8, 4) is 0 Å². The Morgan fingerprint density at radius 2 is 1.92 bits per heavy atom. The first-order chi connectivity index (χ1) is 12.6. The molecular weight excluding hydrogens is 344 g/mol. The number of rotatable bonds is 5. The van der Waals surface area contributed by atoms with Gasteiger partial charge in [-0.25, -0.2) is 0 Å². The molecule has 2 aliphatic rings. The van der Waals surface area contributed by atoms with E-state index < -0.39 is 0 Å². The average molecular weight is 366 g/mol. The maximum Gasteiger partial charge on any atom is 0.256 e. The molecule has 0 spiro atoms. The Hall–Kier alpha value is -2.27. The molecule has 3 unspecified atom stereocenters. The molecule has 1 N–H and O–H groups in total. The van der Waals surface area contributed by atoms with Crippen LogP contribution in [0.3, 0.4) is 0 Å². The lowest BCUT2D eigenvalue weighted by Gasteiger charge is -2.24. The number of fused-ring (bicyclic) bond motifs is 3. The molecule has 26 heavy (non-hydrogen) atoms. The highest BCUT2D eigenvalue weighted by molar-refractivity contribution is 7.99. The molecule has 1 saturated heterocycles. The lowest BCUT2D eigenvalue weighted by atomic mass is 10.1. The molecule has 2 amide bonds. The van der Waals surface area contributed by atoms with E-state index >= 15 is 0 Å². The van der Waals surface area contributed by atoms with E-state index in [1.807, 2.05) is 49.4 Å². The number of benzene rings is 2. The highest BCUT2D eigenvalue weighted by Gasteiger charge is 2.48. The number of hydrogen-bond acceptors (Lipinski definition) is 3. The summed E-state index contributed by atoms with van der Waals surface area (Å²) in [6.45, 7) is 2.03. The monoisotopic (exact) mass is 366 g/mol. The highest BCUT2D eigenvalue weighted by atomic mass is 32.2. The van der Waals surface area contributed by atoms with Crippen LogP contribution in [0.1, 0.15) is 40.2 Å². The zero-order valence-corrected chi connectivity index (χ0v) is 15.5. The second-order valence-electron chi connectivity index (χ2n) is 6.94. The summed E-state index contributed by atoms with van der Waals surface area (Å²) in [6.07, 6.45) is 1.81. The van der Waals surface area contributed by atoms with Crippen LogP contribution in [0.2, 0.25) is 0 Å². The van der Waals surface area contributed by atoms with E-state index in [0.717, 1.165) is 24.0 Å². The maximum atomic E-state index is 12.8. The molecule has 2 aromatic rings. The van der Waals surface area contributed by atoms with Gasteiger partial charge in [0.15, 0.2) is 0 Å². The molecule has 2 aromatic carbocycles. The fourth-order valence-corrected chi connectivity index (χ4v) is 5.15. The minimum absolute atomic E-state index is 0.0194. The van der Waals surface area contributed by atoms with Crippen molar-refractivity contribution in [2.45, 2.75) is 37.2 Å². The number of thioether (sulfide) groups is 1. The van der Waals surface area contributed by atoms with Crippen LogP contribution in [0.25, 0.3) is 0 Å². The molecule has 3 atom stereocenters. The van der Waals surface area contributed by atoms with E-state index in [1.165, 1.54) is 5.56 Å². The van der Waals surface area contributed by atoms with Gasteiger partial charge in [-0.05, 0) is 37.0 Å². The first kappa shape index (κ1) is 17.2. The van der Waals surface area contributed by atoms with Gasteiger partial charge in [-0.1, -0.05) is 48.5 Å². The van der Waals surface area contributed by atoms with Gasteiger partial charge in [-0.15, -0.1) is 11.8 Å². The number of carbonyl (C=O) groups is 2. The summed E-state index contributed by atoms with van der Waals surface area (Å²) >= 11 is 1.68. The molecule has 0 aromatic heterocycles. The smallest absolute Gasteiger partial charge is 0.256 e. The van der Waals surface area contributed by atoms with E-state index in [1.54, 1.807) is 16.7 Å². The molecule has 0 aliphatic carbocycles. The molecular formula is C21H22N2O2S. The highest BCUT2D eigenvalue weighted by Crippen LogP contribution is 2.48. The van der Waals surface area contributed by atoms with Gasteiger partial charge < -0.3 is 10.2 Å². The zero-order chi connectivity index (χ0) is 18.1. The second-order valence-corrected chi connectivity index (χ2v) is 8.05. The number of nitrogens with zero attached hydrogens (tertiary/aromatic N) is 1. The number of amides is 2. The molecule has 134 valence electrons. The molecule has 2 heterocycles. The lowest BCUT2D eigenvalue weighted by molar-refractivity contribution is -0.125. The van der Waals surface area contributed by atoms with E-state index in [9.17, 15) is 9.59 Å². The number of hydrogen-bond donors (Lipinski definition) is 1. The van der Waals surface area contributed by atoms with E-state index in [-0.39, 0.29) is 29.3 Å². The number of nitrogens with one attached hydrogen (secondary N) is 1. The van der Waals surface area contributed by atoms with Gasteiger partial charge in [-0.3, -0.25) is 9.59 Å². The first-order valence-corrected chi connectivity index (χ1v) is 10.1. The van der Waals surface area contributed by atoms with Crippen LogP contribution in [0.4, 0.5) is 0 Å². The van der Waals surface area contributed by atoms with Gasteiger partial charge in [0.05, 0.1) is 0 Å². The Morgan fingerprint density at radius 3 is 2.73 bits per heavy atom. The Kier molecular flexibility index (Phi) is 4.72. The van der Waals surface area contributed by atoms with Crippen molar-refractivity contribution in [2.75, 3.05) is 5.75 Å². The first-order valence-electron chi connectivity index (χ1n) is 9.02. The fraction of sp³-hybridized carbons (Fsp3) is 0.333. The quantitative estimate of drug-likeness (QED) is 0.882.